The summed E-state index contributed by atoms with van der Waals surface area (Å²) in [5, 5.41) is 3.85. The van der Waals surface area contributed by atoms with Crippen molar-refractivity contribution in [2.45, 2.75) is 11.4 Å². The van der Waals surface area contributed by atoms with Crippen LogP contribution in [0.15, 0.2) is 57.9 Å². The monoisotopic (exact) mass is 375 g/mol. The predicted molar refractivity (Wildman–Crippen MR) is 93.3 cm³/mol. The Kier molecular flexibility index (Phi) is 5.19. The molecule has 0 aliphatic carbocycles. The Morgan fingerprint density at radius 2 is 1.77 bits per heavy atom. The van der Waals surface area contributed by atoms with E-state index in [4.69, 9.17) is 14.0 Å². The maximum atomic E-state index is 12.5. The first-order valence-electron chi connectivity index (χ1n) is 7.63. The second-order valence-electron chi connectivity index (χ2n) is 5.22. The molecular formula is C17H17N3O5S. The van der Waals surface area contributed by atoms with E-state index >= 15 is 0 Å². The van der Waals surface area contributed by atoms with Crippen molar-refractivity contribution in [1.82, 2.24) is 14.9 Å². The standard InChI is InChI=1S/C17H17N3O5S/c1-23-14-9-8-13(10-15(14)24-2)26(21,22)18-11-16-19-17(20-25-16)12-6-4-3-5-7-12/h3-10,18H,11H2,1-2H3. The summed E-state index contributed by atoms with van der Waals surface area (Å²) in [5.41, 5.74) is 0.783. The molecule has 0 saturated carbocycles. The lowest BCUT2D eigenvalue weighted by Gasteiger charge is -2.10. The van der Waals surface area contributed by atoms with Gasteiger partial charge in [0.25, 0.3) is 0 Å². The van der Waals surface area contributed by atoms with Crippen molar-refractivity contribution in [3.8, 4) is 22.9 Å². The van der Waals surface area contributed by atoms with E-state index in [1.807, 2.05) is 30.3 Å². The number of aromatic nitrogens is 2. The van der Waals surface area contributed by atoms with Crippen LogP contribution in [0.2, 0.25) is 0 Å². The molecule has 1 N–H and O–H groups in total. The predicted octanol–water partition coefficient (Wildman–Crippen LogP) is 2.23. The van der Waals surface area contributed by atoms with Crippen LogP contribution < -0.4 is 14.2 Å². The molecule has 0 fully saturated rings. The third kappa shape index (κ3) is 3.84. The molecule has 2 aromatic carbocycles. The number of nitrogens with zero attached hydrogens (tertiary/aromatic N) is 2. The molecule has 0 bridgehead atoms. The molecule has 1 aromatic heterocycles. The molecule has 3 rings (SSSR count). The van der Waals surface area contributed by atoms with Crippen molar-refractivity contribution in [2.75, 3.05) is 14.2 Å². The van der Waals surface area contributed by atoms with Gasteiger partial charge in [-0.15, -0.1) is 0 Å². The maximum Gasteiger partial charge on any atom is 0.242 e. The minimum absolute atomic E-state index is 0.0398. The van der Waals surface area contributed by atoms with Crippen LogP contribution in [0.5, 0.6) is 11.5 Å². The first-order valence-corrected chi connectivity index (χ1v) is 9.11. The SMILES string of the molecule is COc1ccc(S(=O)(=O)NCc2nc(-c3ccccc3)no2)cc1OC. The maximum absolute atomic E-state index is 12.5. The molecule has 136 valence electrons. The third-order valence-electron chi connectivity index (χ3n) is 3.58. The summed E-state index contributed by atoms with van der Waals surface area (Å²) in [6, 6.07) is 13.6. The fourth-order valence-corrected chi connectivity index (χ4v) is 3.24. The lowest BCUT2D eigenvalue weighted by atomic mass is 10.2. The Labute approximate surface area is 150 Å². The van der Waals surface area contributed by atoms with Crippen molar-refractivity contribution < 1.29 is 22.4 Å². The molecule has 8 nitrogen and oxygen atoms in total. The molecular weight excluding hydrogens is 358 g/mol. The van der Waals surface area contributed by atoms with Crippen molar-refractivity contribution >= 4 is 10.0 Å². The number of rotatable bonds is 7. The van der Waals surface area contributed by atoms with E-state index in [1.165, 1.54) is 32.4 Å². The van der Waals surface area contributed by atoms with E-state index in [-0.39, 0.29) is 17.3 Å². The molecule has 0 atom stereocenters. The Hall–Kier alpha value is -2.91. The highest BCUT2D eigenvalue weighted by Crippen LogP contribution is 2.29. The van der Waals surface area contributed by atoms with E-state index in [2.05, 4.69) is 14.9 Å². The van der Waals surface area contributed by atoms with E-state index in [0.29, 0.717) is 17.3 Å². The first-order chi connectivity index (χ1) is 12.5. The van der Waals surface area contributed by atoms with Gasteiger partial charge in [0.05, 0.1) is 25.7 Å². The topological polar surface area (TPSA) is 104 Å². The van der Waals surface area contributed by atoms with E-state index in [0.717, 1.165) is 5.56 Å². The Morgan fingerprint density at radius 1 is 1.04 bits per heavy atom. The number of sulfonamides is 1. The fraction of sp³-hybridized carbons (Fsp3) is 0.176. The molecule has 0 aliphatic rings. The highest BCUT2D eigenvalue weighted by molar-refractivity contribution is 7.89. The van der Waals surface area contributed by atoms with E-state index in [9.17, 15) is 8.42 Å². The van der Waals surface area contributed by atoms with Gasteiger partial charge in [-0.25, -0.2) is 13.1 Å². The molecule has 9 heteroatoms. The molecule has 0 aliphatic heterocycles. The van der Waals surface area contributed by atoms with Gasteiger partial charge in [0.15, 0.2) is 11.5 Å². The minimum Gasteiger partial charge on any atom is -0.493 e. The van der Waals surface area contributed by atoms with Gasteiger partial charge in [0.2, 0.25) is 21.7 Å². The van der Waals surface area contributed by atoms with Gasteiger partial charge in [-0.3, -0.25) is 0 Å². The molecule has 0 amide bonds. The van der Waals surface area contributed by atoms with Crippen LogP contribution in [0, 0.1) is 0 Å². The van der Waals surface area contributed by atoms with Crippen LogP contribution in [0.3, 0.4) is 0 Å². The van der Waals surface area contributed by atoms with Crippen LogP contribution in [0.4, 0.5) is 0 Å². The van der Waals surface area contributed by atoms with E-state index in [1.54, 1.807) is 0 Å². The molecule has 3 aromatic rings. The number of hydrogen-bond donors (Lipinski definition) is 1. The Bertz CT molecular complexity index is 987. The summed E-state index contributed by atoms with van der Waals surface area (Å²) < 4.78 is 42.7. The van der Waals surface area contributed by atoms with Crippen LogP contribution >= 0.6 is 0 Å². The third-order valence-corrected chi connectivity index (χ3v) is 4.98. The summed E-state index contributed by atoms with van der Waals surface area (Å²) in [4.78, 5) is 4.23. The number of nitrogens with one attached hydrogen (secondary N) is 1. The van der Waals surface area contributed by atoms with Gasteiger partial charge in [-0.1, -0.05) is 35.5 Å². The zero-order valence-corrected chi connectivity index (χ0v) is 15.0. The molecule has 26 heavy (non-hydrogen) atoms. The summed E-state index contributed by atoms with van der Waals surface area (Å²) in [6.45, 7) is -0.128. The summed E-state index contributed by atoms with van der Waals surface area (Å²) in [5.74, 6) is 1.31. The highest BCUT2D eigenvalue weighted by atomic mass is 32.2. The summed E-state index contributed by atoms with van der Waals surface area (Å²) >= 11 is 0. The Morgan fingerprint density at radius 3 is 2.46 bits per heavy atom. The summed E-state index contributed by atoms with van der Waals surface area (Å²) in [7, 11) is -0.873. The lowest BCUT2D eigenvalue weighted by Crippen LogP contribution is -2.23. The van der Waals surface area contributed by atoms with Crippen LogP contribution in [0.25, 0.3) is 11.4 Å². The number of benzene rings is 2. The van der Waals surface area contributed by atoms with Crippen molar-refractivity contribution in [2.24, 2.45) is 0 Å². The second kappa shape index (κ2) is 7.54. The fourth-order valence-electron chi connectivity index (χ4n) is 2.25. The first kappa shape index (κ1) is 17.9. The van der Waals surface area contributed by atoms with Crippen molar-refractivity contribution in [3.05, 3.63) is 54.4 Å². The van der Waals surface area contributed by atoms with Gasteiger partial charge >= 0.3 is 0 Å². The molecule has 0 spiro atoms. The van der Waals surface area contributed by atoms with Gasteiger partial charge < -0.3 is 14.0 Å². The zero-order valence-electron chi connectivity index (χ0n) is 14.2. The zero-order chi connectivity index (χ0) is 18.6. The second-order valence-corrected chi connectivity index (χ2v) is 6.99. The van der Waals surface area contributed by atoms with Crippen molar-refractivity contribution in [1.29, 1.82) is 0 Å². The van der Waals surface area contributed by atoms with Crippen molar-refractivity contribution in [3.63, 3.8) is 0 Å². The average molecular weight is 375 g/mol. The molecule has 0 radical (unpaired) electrons. The minimum atomic E-state index is -3.78. The quantitative estimate of drug-likeness (QED) is 0.675. The van der Waals surface area contributed by atoms with Crippen LogP contribution in [0.1, 0.15) is 5.89 Å². The highest BCUT2D eigenvalue weighted by Gasteiger charge is 2.18. The number of methoxy groups -OCH3 is 2. The molecule has 0 saturated heterocycles. The smallest absolute Gasteiger partial charge is 0.242 e. The van der Waals surface area contributed by atoms with Gasteiger partial charge in [-0.05, 0) is 12.1 Å². The average Bonchev–Trinajstić information content (AvgIpc) is 3.15. The molecule has 0 unspecified atom stereocenters. The molecule has 1 heterocycles. The normalized spacial score (nSPS) is 11.3. The Balaban J connectivity index is 1.74. The van der Waals surface area contributed by atoms with Crippen LogP contribution in [-0.4, -0.2) is 32.8 Å². The van der Waals surface area contributed by atoms with Crippen LogP contribution in [-0.2, 0) is 16.6 Å². The number of hydrogen-bond acceptors (Lipinski definition) is 7. The largest absolute Gasteiger partial charge is 0.493 e. The van der Waals surface area contributed by atoms with E-state index < -0.39 is 10.0 Å². The van der Waals surface area contributed by atoms with Gasteiger partial charge in [-0.2, -0.15) is 4.98 Å². The summed E-state index contributed by atoms with van der Waals surface area (Å²) in [6.07, 6.45) is 0. The van der Waals surface area contributed by atoms with Gasteiger partial charge in [0.1, 0.15) is 0 Å². The van der Waals surface area contributed by atoms with Gasteiger partial charge in [0, 0.05) is 11.6 Å². The number of ether oxygens (including phenoxy) is 2. The lowest BCUT2D eigenvalue weighted by molar-refractivity contribution is 0.353.